The standard InChI is InChI=1S/C10H8ClFO2S2/c11-16(13,14)9-5-4-8(15-9)10(12)6-2-1-3-7-10/h1-6H,7H2. The minimum absolute atomic E-state index is 0.0239. The van der Waals surface area contributed by atoms with E-state index in [0.29, 0.717) is 4.88 Å². The van der Waals surface area contributed by atoms with Gasteiger partial charge in [0.15, 0.2) is 5.67 Å². The molecule has 1 atom stereocenters. The van der Waals surface area contributed by atoms with Crippen LogP contribution in [0.15, 0.2) is 40.6 Å². The van der Waals surface area contributed by atoms with Crippen molar-refractivity contribution < 1.29 is 12.8 Å². The first-order valence-corrected chi connectivity index (χ1v) is 7.63. The summed E-state index contributed by atoms with van der Waals surface area (Å²) in [7, 11) is 1.42. The van der Waals surface area contributed by atoms with Crippen LogP contribution in [-0.4, -0.2) is 8.42 Å². The van der Waals surface area contributed by atoms with Crippen LogP contribution in [0.1, 0.15) is 11.3 Å². The summed E-state index contributed by atoms with van der Waals surface area (Å²) in [6.45, 7) is 0. The lowest BCUT2D eigenvalue weighted by Crippen LogP contribution is -2.15. The Morgan fingerprint density at radius 3 is 2.62 bits per heavy atom. The quantitative estimate of drug-likeness (QED) is 0.778. The van der Waals surface area contributed by atoms with Crippen molar-refractivity contribution in [2.75, 3.05) is 0 Å². The molecule has 1 heterocycles. The number of hydrogen-bond donors (Lipinski definition) is 0. The summed E-state index contributed by atoms with van der Waals surface area (Å²) in [5.74, 6) is 0. The monoisotopic (exact) mass is 278 g/mol. The number of alkyl halides is 1. The zero-order chi connectivity index (χ0) is 11.8. The Hall–Kier alpha value is -0.650. The van der Waals surface area contributed by atoms with E-state index >= 15 is 0 Å². The molecule has 0 amide bonds. The molecule has 6 heteroatoms. The van der Waals surface area contributed by atoms with Crippen LogP contribution in [0.5, 0.6) is 0 Å². The topological polar surface area (TPSA) is 34.1 Å². The Bertz CT molecular complexity index is 559. The van der Waals surface area contributed by atoms with E-state index in [9.17, 15) is 12.8 Å². The van der Waals surface area contributed by atoms with Crippen molar-refractivity contribution in [3.63, 3.8) is 0 Å². The second-order valence-electron chi connectivity index (χ2n) is 3.41. The molecule has 1 aliphatic carbocycles. The van der Waals surface area contributed by atoms with Gasteiger partial charge in [0.1, 0.15) is 4.21 Å². The van der Waals surface area contributed by atoms with Gasteiger partial charge in [-0.3, -0.25) is 0 Å². The van der Waals surface area contributed by atoms with Gasteiger partial charge < -0.3 is 0 Å². The third kappa shape index (κ3) is 2.21. The van der Waals surface area contributed by atoms with Gasteiger partial charge in [-0.25, -0.2) is 12.8 Å². The molecule has 0 saturated carbocycles. The van der Waals surface area contributed by atoms with Crippen LogP contribution < -0.4 is 0 Å². The highest BCUT2D eigenvalue weighted by atomic mass is 35.7. The average molecular weight is 279 g/mol. The van der Waals surface area contributed by atoms with Crippen molar-refractivity contribution >= 4 is 31.1 Å². The van der Waals surface area contributed by atoms with E-state index in [-0.39, 0.29) is 10.6 Å². The van der Waals surface area contributed by atoms with Crippen molar-refractivity contribution in [3.8, 4) is 0 Å². The second-order valence-corrected chi connectivity index (χ2v) is 7.29. The van der Waals surface area contributed by atoms with E-state index in [1.54, 1.807) is 18.2 Å². The molecule has 0 spiro atoms. The summed E-state index contributed by atoms with van der Waals surface area (Å²) in [5, 5.41) is 0. The molecule has 0 N–H and O–H groups in total. The van der Waals surface area contributed by atoms with Crippen LogP contribution in [0.2, 0.25) is 0 Å². The number of thiophene rings is 1. The van der Waals surface area contributed by atoms with Crippen molar-refractivity contribution in [1.29, 1.82) is 0 Å². The second kappa shape index (κ2) is 3.98. The fraction of sp³-hybridized carbons (Fsp3) is 0.200. The van der Waals surface area contributed by atoms with Gasteiger partial charge in [-0.05, 0) is 18.2 Å². The summed E-state index contributed by atoms with van der Waals surface area (Å²) in [6.07, 6.45) is 6.70. The lowest BCUT2D eigenvalue weighted by Gasteiger charge is -2.20. The molecule has 0 saturated heterocycles. The first kappa shape index (κ1) is 11.8. The minimum Gasteiger partial charge on any atom is -0.233 e. The van der Waals surface area contributed by atoms with Gasteiger partial charge in [-0.1, -0.05) is 18.2 Å². The predicted molar refractivity (Wildman–Crippen MR) is 63.0 cm³/mol. The first-order chi connectivity index (χ1) is 7.42. The number of rotatable bonds is 2. The van der Waals surface area contributed by atoms with E-state index in [2.05, 4.69) is 0 Å². The van der Waals surface area contributed by atoms with Crippen molar-refractivity contribution in [2.45, 2.75) is 16.3 Å². The molecule has 1 aliphatic rings. The maximum absolute atomic E-state index is 14.3. The van der Waals surface area contributed by atoms with E-state index in [1.165, 1.54) is 18.2 Å². The minimum atomic E-state index is -3.77. The van der Waals surface area contributed by atoms with Crippen LogP contribution in [0, 0.1) is 0 Å². The maximum atomic E-state index is 14.3. The Balaban J connectivity index is 2.39. The SMILES string of the molecule is O=S(=O)(Cl)c1ccc(C2(F)C=CC=CC2)s1. The molecule has 0 aliphatic heterocycles. The Morgan fingerprint density at radius 1 is 1.38 bits per heavy atom. The summed E-state index contributed by atoms with van der Waals surface area (Å²) < 4.78 is 36.4. The summed E-state index contributed by atoms with van der Waals surface area (Å²) >= 11 is 0.865. The van der Waals surface area contributed by atoms with Gasteiger partial charge in [-0.15, -0.1) is 11.3 Å². The highest BCUT2D eigenvalue weighted by Crippen LogP contribution is 2.39. The number of halogens is 2. The highest BCUT2D eigenvalue weighted by molar-refractivity contribution is 8.15. The van der Waals surface area contributed by atoms with Crippen LogP contribution in [0.4, 0.5) is 4.39 Å². The van der Waals surface area contributed by atoms with E-state index in [0.717, 1.165) is 11.3 Å². The van der Waals surface area contributed by atoms with Crippen LogP contribution in [0.3, 0.4) is 0 Å². The number of allylic oxidation sites excluding steroid dienone is 4. The molecule has 0 bridgehead atoms. The Kier molecular flexibility index (Phi) is 2.94. The lowest BCUT2D eigenvalue weighted by molar-refractivity contribution is 0.241. The van der Waals surface area contributed by atoms with Gasteiger partial charge in [0.05, 0.1) is 0 Å². The van der Waals surface area contributed by atoms with Crippen LogP contribution >= 0.6 is 22.0 Å². The number of hydrogen-bond acceptors (Lipinski definition) is 3. The summed E-state index contributed by atoms with van der Waals surface area (Å²) in [6, 6.07) is 2.79. The molecule has 0 fully saturated rings. The van der Waals surface area contributed by atoms with Gasteiger partial charge in [0, 0.05) is 22.0 Å². The van der Waals surface area contributed by atoms with Crippen molar-refractivity contribution in [2.24, 2.45) is 0 Å². The normalized spacial score (nSPS) is 24.9. The third-order valence-electron chi connectivity index (χ3n) is 2.25. The fourth-order valence-electron chi connectivity index (χ4n) is 1.45. The Labute approximate surface area is 101 Å². The van der Waals surface area contributed by atoms with E-state index < -0.39 is 14.7 Å². The van der Waals surface area contributed by atoms with Gasteiger partial charge in [-0.2, -0.15) is 0 Å². The fourth-order valence-corrected chi connectivity index (χ4v) is 3.60. The molecule has 1 aromatic heterocycles. The zero-order valence-electron chi connectivity index (χ0n) is 8.06. The average Bonchev–Trinajstić information content (AvgIpc) is 2.67. The molecule has 0 radical (unpaired) electrons. The highest BCUT2D eigenvalue weighted by Gasteiger charge is 2.31. The molecule has 1 unspecified atom stereocenters. The predicted octanol–water partition coefficient (Wildman–Crippen LogP) is 3.36. The van der Waals surface area contributed by atoms with Crippen LogP contribution in [0.25, 0.3) is 0 Å². The van der Waals surface area contributed by atoms with Gasteiger partial charge >= 0.3 is 0 Å². The summed E-state index contributed by atoms with van der Waals surface area (Å²) in [4.78, 5) is 0.354. The zero-order valence-corrected chi connectivity index (χ0v) is 10.4. The van der Waals surface area contributed by atoms with E-state index in [4.69, 9.17) is 10.7 Å². The first-order valence-electron chi connectivity index (χ1n) is 4.50. The van der Waals surface area contributed by atoms with Crippen LogP contribution in [-0.2, 0) is 14.7 Å². The van der Waals surface area contributed by atoms with E-state index in [1.807, 2.05) is 0 Å². The maximum Gasteiger partial charge on any atom is 0.270 e. The van der Waals surface area contributed by atoms with Crippen molar-refractivity contribution in [3.05, 3.63) is 41.3 Å². The molecular formula is C10H8ClFO2S2. The molecule has 2 nitrogen and oxygen atoms in total. The lowest BCUT2D eigenvalue weighted by atomic mass is 9.96. The Morgan fingerprint density at radius 2 is 2.12 bits per heavy atom. The van der Waals surface area contributed by atoms with Gasteiger partial charge in [0.2, 0.25) is 0 Å². The summed E-state index contributed by atoms with van der Waals surface area (Å²) in [5.41, 5.74) is -1.61. The molecule has 0 aromatic carbocycles. The molecule has 86 valence electrons. The smallest absolute Gasteiger partial charge is 0.233 e. The third-order valence-corrected chi connectivity index (χ3v) is 5.58. The molecular weight excluding hydrogens is 271 g/mol. The molecule has 16 heavy (non-hydrogen) atoms. The molecule has 2 rings (SSSR count). The molecule has 1 aromatic rings. The van der Waals surface area contributed by atoms with Crippen molar-refractivity contribution in [1.82, 2.24) is 0 Å². The largest absolute Gasteiger partial charge is 0.270 e. The van der Waals surface area contributed by atoms with Gasteiger partial charge in [0.25, 0.3) is 9.05 Å².